The molecule has 1 amide bonds. The number of carbonyl (C=O) groups is 1. The minimum atomic E-state index is -0.0411. The van der Waals surface area contributed by atoms with Crippen LogP contribution in [0.15, 0.2) is 53.5 Å². The zero-order chi connectivity index (χ0) is 19.0. The molecular formula is C21H22IN3O2. The Morgan fingerprint density at radius 3 is 2.44 bits per heavy atom. The molecule has 0 radical (unpaired) electrons. The molecular weight excluding hydrogens is 453 g/mol. The molecule has 0 saturated carbocycles. The average Bonchev–Trinajstić information content (AvgIpc) is 2.92. The van der Waals surface area contributed by atoms with E-state index in [4.69, 9.17) is 4.74 Å². The summed E-state index contributed by atoms with van der Waals surface area (Å²) >= 11 is 2.26. The van der Waals surface area contributed by atoms with Gasteiger partial charge in [0.2, 0.25) is 0 Å². The number of morpholine rings is 1. The number of carbonyl (C=O) groups excluding carboxylic acids is 1. The molecule has 0 aliphatic carbocycles. The van der Waals surface area contributed by atoms with Gasteiger partial charge in [0.15, 0.2) is 0 Å². The van der Waals surface area contributed by atoms with Crippen molar-refractivity contribution in [2.75, 3.05) is 24.8 Å². The standard InChI is InChI=1S/C21H22IN3O2/c1-14-11-27-12-15(2)24(14)13-25-19-6-4-3-5-18(19)20(21(25)26)23-17-9-7-16(22)8-10-17/h3-10,14-15H,11-13H2,1-2H3/t14-,15-/m1/s1. The highest BCUT2D eigenvalue weighted by Gasteiger charge is 2.37. The van der Waals surface area contributed by atoms with Crippen molar-refractivity contribution in [1.82, 2.24) is 4.90 Å². The Balaban J connectivity index is 1.68. The lowest BCUT2D eigenvalue weighted by molar-refractivity contribution is -0.113. The molecule has 2 aliphatic heterocycles. The van der Waals surface area contributed by atoms with Crippen LogP contribution in [0.1, 0.15) is 19.4 Å². The number of rotatable bonds is 3. The van der Waals surface area contributed by atoms with E-state index in [-0.39, 0.29) is 18.0 Å². The molecule has 2 aromatic carbocycles. The number of ether oxygens (including phenoxy) is 1. The molecule has 2 heterocycles. The van der Waals surface area contributed by atoms with Crippen molar-refractivity contribution in [2.45, 2.75) is 25.9 Å². The first-order valence-electron chi connectivity index (χ1n) is 9.13. The van der Waals surface area contributed by atoms with E-state index in [1.165, 1.54) is 0 Å². The molecule has 140 valence electrons. The molecule has 0 unspecified atom stereocenters. The highest BCUT2D eigenvalue weighted by atomic mass is 127. The van der Waals surface area contributed by atoms with Crippen molar-refractivity contribution in [2.24, 2.45) is 4.99 Å². The van der Waals surface area contributed by atoms with Gasteiger partial charge in [0.05, 0.1) is 31.3 Å². The molecule has 0 aromatic heterocycles. The number of benzene rings is 2. The van der Waals surface area contributed by atoms with E-state index >= 15 is 0 Å². The summed E-state index contributed by atoms with van der Waals surface area (Å²) < 4.78 is 6.77. The summed E-state index contributed by atoms with van der Waals surface area (Å²) in [4.78, 5) is 22.1. The third kappa shape index (κ3) is 3.66. The highest BCUT2D eigenvalue weighted by molar-refractivity contribution is 14.1. The molecule has 1 saturated heterocycles. The zero-order valence-electron chi connectivity index (χ0n) is 15.4. The van der Waals surface area contributed by atoms with Crippen molar-refractivity contribution in [3.8, 4) is 0 Å². The summed E-state index contributed by atoms with van der Waals surface area (Å²) in [5.74, 6) is -0.0411. The van der Waals surface area contributed by atoms with Crippen molar-refractivity contribution < 1.29 is 9.53 Å². The molecule has 0 spiro atoms. The van der Waals surface area contributed by atoms with Gasteiger partial charge in [0.25, 0.3) is 5.91 Å². The number of nitrogens with zero attached hydrogens (tertiary/aromatic N) is 3. The largest absolute Gasteiger partial charge is 0.378 e. The predicted molar refractivity (Wildman–Crippen MR) is 116 cm³/mol. The maximum Gasteiger partial charge on any atom is 0.278 e. The SMILES string of the molecule is C[C@@H]1COC[C@@H](C)N1CN1C(=O)C(=Nc2ccc(I)cc2)c2ccccc21. The fourth-order valence-electron chi connectivity index (χ4n) is 3.63. The quantitative estimate of drug-likeness (QED) is 0.635. The second-order valence-electron chi connectivity index (χ2n) is 7.08. The first-order valence-corrected chi connectivity index (χ1v) is 10.2. The number of fused-ring (bicyclic) bond motifs is 1. The third-order valence-corrected chi connectivity index (χ3v) is 5.84. The van der Waals surface area contributed by atoms with Gasteiger partial charge in [-0.05, 0) is 66.8 Å². The van der Waals surface area contributed by atoms with E-state index in [1.54, 1.807) is 0 Å². The van der Waals surface area contributed by atoms with Crippen LogP contribution < -0.4 is 4.90 Å². The van der Waals surface area contributed by atoms with Gasteiger partial charge in [-0.2, -0.15) is 0 Å². The van der Waals surface area contributed by atoms with E-state index in [9.17, 15) is 4.79 Å². The van der Waals surface area contributed by atoms with Crippen LogP contribution in [-0.4, -0.2) is 48.5 Å². The topological polar surface area (TPSA) is 45.1 Å². The molecule has 2 aliphatic rings. The number of para-hydroxylation sites is 1. The van der Waals surface area contributed by atoms with Crippen molar-refractivity contribution >= 4 is 45.6 Å². The lowest BCUT2D eigenvalue weighted by Gasteiger charge is -2.40. The number of hydrogen-bond donors (Lipinski definition) is 0. The average molecular weight is 475 g/mol. The smallest absolute Gasteiger partial charge is 0.278 e. The number of anilines is 1. The van der Waals surface area contributed by atoms with Crippen LogP contribution in [0.25, 0.3) is 0 Å². The zero-order valence-corrected chi connectivity index (χ0v) is 17.6. The summed E-state index contributed by atoms with van der Waals surface area (Å²) in [5, 5.41) is 0. The number of halogens is 1. The van der Waals surface area contributed by atoms with Crippen LogP contribution in [0.4, 0.5) is 11.4 Å². The lowest BCUT2D eigenvalue weighted by atomic mass is 10.1. The van der Waals surface area contributed by atoms with Crippen LogP contribution in [-0.2, 0) is 9.53 Å². The van der Waals surface area contributed by atoms with Gasteiger partial charge in [-0.3, -0.25) is 14.6 Å². The molecule has 2 atom stereocenters. The Morgan fingerprint density at radius 2 is 1.74 bits per heavy atom. The first kappa shape index (κ1) is 18.6. The summed E-state index contributed by atoms with van der Waals surface area (Å²) in [6.07, 6.45) is 0. The molecule has 4 rings (SSSR count). The Morgan fingerprint density at radius 1 is 1.07 bits per heavy atom. The number of hydrogen-bond acceptors (Lipinski definition) is 4. The molecule has 2 aromatic rings. The molecule has 27 heavy (non-hydrogen) atoms. The van der Waals surface area contributed by atoms with E-state index in [2.05, 4.69) is 46.3 Å². The summed E-state index contributed by atoms with van der Waals surface area (Å²) in [6.45, 7) is 6.22. The van der Waals surface area contributed by atoms with Crippen molar-refractivity contribution in [1.29, 1.82) is 0 Å². The minimum absolute atomic E-state index is 0.0411. The lowest BCUT2D eigenvalue weighted by Crippen LogP contribution is -2.54. The van der Waals surface area contributed by atoms with E-state index in [1.807, 2.05) is 53.4 Å². The van der Waals surface area contributed by atoms with Crippen LogP contribution in [0.5, 0.6) is 0 Å². The summed E-state index contributed by atoms with van der Waals surface area (Å²) in [5.41, 5.74) is 3.14. The fraction of sp³-hybridized carbons (Fsp3) is 0.333. The maximum absolute atomic E-state index is 13.3. The monoisotopic (exact) mass is 475 g/mol. The molecule has 0 bridgehead atoms. The fourth-order valence-corrected chi connectivity index (χ4v) is 3.99. The third-order valence-electron chi connectivity index (χ3n) is 5.12. The second-order valence-corrected chi connectivity index (χ2v) is 8.32. The second kappa shape index (κ2) is 7.69. The number of aliphatic imine (C=N–C) groups is 1. The number of amides is 1. The van der Waals surface area contributed by atoms with Crippen LogP contribution >= 0.6 is 22.6 Å². The Labute approximate surface area is 173 Å². The Kier molecular flexibility index (Phi) is 5.29. The summed E-state index contributed by atoms with van der Waals surface area (Å²) in [7, 11) is 0. The van der Waals surface area contributed by atoms with E-state index < -0.39 is 0 Å². The summed E-state index contributed by atoms with van der Waals surface area (Å²) in [6, 6.07) is 16.3. The van der Waals surface area contributed by atoms with Crippen LogP contribution in [0.3, 0.4) is 0 Å². The van der Waals surface area contributed by atoms with Gasteiger partial charge in [-0.25, -0.2) is 4.99 Å². The van der Waals surface area contributed by atoms with Gasteiger partial charge in [0, 0.05) is 21.2 Å². The van der Waals surface area contributed by atoms with Crippen LogP contribution in [0, 0.1) is 3.57 Å². The highest BCUT2D eigenvalue weighted by Crippen LogP contribution is 2.32. The molecule has 0 N–H and O–H groups in total. The Hall–Kier alpha value is -1.77. The van der Waals surface area contributed by atoms with Crippen LogP contribution in [0.2, 0.25) is 0 Å². The van der Waals surface area contributed by atoms with Gasteiger partial charge >= 0.3 is 0 Å². The molecule has 1 fully saturated rings. The van der Waals surface area contributed by atoms with Gasteiger partial charge in [-0.1, -0.05) is 18.2 Å². The van der Waals surface area contributed by atoms with Gasteiger partial charge in [-0.15, -0.1) is 0 Å². The van der Waals surface area contributed by atoms with Gasteiger partial charge < -0.3 is 4.74 Å². The molecule has 5 nitrogen and oxygen atoms in total. The van der Waals surface area contributed by atoms with E-state index in [0.29, 0.717) is 25.6 Å². The first-order chi connectivity index (χ1) is 13.0. The minimum Gasteiger partial charge on any atom is -0.378 e. The Bertz CT molecular complexity index is 871. The maximum atomic E-state index is 13.3. The van der Waals surface area contributed by atoms with E-state index in [0.717, 1.165) is 20.5 Å². The molecule has 6 heteroatoms. The normalized spacial score (nSPS) is 24.5. The van der Waals surface area contributed by atoms with Gasteiger partial charge in [0.1, 0.15) is 5.71 Å². The van der Waals surface area contributed by atoms with Crippen molar-refractivity contribution in [3.05, 3.63) is 57.7 Å². The predicted octanol–water partition coefficient (Wildman–Crippen LogP) is 3.83. The van der Waals surface area contributed by atoms with Crippen molar-refractivity contribution in [3.63, 3.8) is 0 Å².